The highest BCUT2D eigenvalue weighted by molar-refractivity contribution is 9.10. The molecule has 0 aliphatic rings. The van der Waals surface area contributed by atoms with Gasteiger partial charge in [0, 0.05) is 11.0 Å². The van der Waals surface area contributed by atoms with E-state index in [0.717, 1.165) is 10.0 Å². The molecule has 0 aliphatic carbocycles. The molecule has 0 unspecified atom stereocenters. The van der Waals surface area contributed by atoms with E-state index < -0.39 is 0 Å². The maximum absolute atomic E-state index is 5.69. The van der Waals surface area contributed by atoms with E-state index in [0.29, 0.717) is 6.54 Å². The summed E-state index contributed by atoms with van der Waals surface area (Å²) in [6.07, 6.45) is 0. The van der Waals surface area contributed by atoms with Crippen molar-refractivity contribution in [3.8, 4) is 11.1 Å². The molecule has 16 heavy (non-hydrogen) atoms. The topological polar surface area (TPSA) is 26.0 Å². The fourth-order valence-corrected chi connectivity index (χ4v) is 2.07. The van der Waals surface area contributed by atoms with Crippen molar-refractivity contribution in [3.63, 3.8) is 0 Å². The summed E-state index contributed by atoms with van der Waals surface area (Å²) in [5, 5.41) is 0. The van der Waals surface area contributed by atoms with E-state index >= 15 is 0 Å². The van der Waals surface area contributed by atoms with Crippen molar-refractivity contribution in [1.29, 1.82) is 0 Å². The fraction of sp³-hybridized carbons (Fsp3) is 0.143. The van der Waals surface area contributed by atoms with Gasteiger partial charge in [-0.2, -0.15) is 0 Å². The van der Waals surface area contributed by atoms with Gasteiger partial charge in [-0.3, -0.25) is 0 Å². The number of rotatable bonds is 2. The number of halogens is 1. The quantitative estimate of drug-likeness (QED) is 0.885. The van der Waals surface area contributed by atoms with Gasteiger partial charge in [-0.1, -0.05) is 51.8 Å². The normalized spacial score (nSPS) is 10.4. The van der Waals surface area contributed by atoms with Crippen molar-refractivity contribution in [1.82, 2.24) is 0 Å². The molecule has 2 N–H and O–H groups in total. The minimum Gasteiger partial charge on any atom is -0.326 e. The zero-order valence-corrected chi connectivity index (χ0v) is 10.8. The smallest absolute Gasteiger partial charge is 0.0220 e. The highest BCUT2D eigenvalue weighted by Crippen LogP contribution is 2.25. The summed E-state index contributed by atoms with van der Waals surface area (Å²) >= 11 is 3.49. The number of aryl methyl sites for hydroxylation is 1. The third-order valence-corrected chi connectivity index (χ3v) is 3.42. The Bertz CT molecular complexity index is 489. The summed E-state index contributed by atoms with van der Waals surface area (Å²) in [5.74, 6) is 0. The van der Waals surface area contributed by atoms with Crippen LogP contribution in [0.4, 0.5) is 0 Å². The molecule has 0 aromatic heterocycles. The second kappa shape index (κ2) is 4.81. The molecule has 0 heterocycles. The highest BCUT2D eigenvalue weighted by Gasteiger charge is 2.02. The molecule has 2 aromatic carbocycles. The van der Waals surface area contributed by atoms with E-state index in [-0.39, 0.29) is 0 Å². The number of hydrogen-bond donors (Lipinski definition) is 1. The van der Waals surface area contributed by atoms with E-state index in [4.69, 9.17) is 5.73 Å². The lowest BCUT2D eigenvalue weighted by atomic mass is 10.0. The van der Waals surface area contributed by atoms with Gasteiger partial charge >= 0.3 is 0 Å². The summed E-state index contributed by atoms with van der Waals surface area (Å²) in [4.78, 5) is 0. The lowest BCUT2D eigenvalue weighted by molar-refractivity contribution is 1.06. The monoisotopic (exact) mass is 275 g/mol. The highest BCUT2D eigenvalue weighted by atomic mass is 79.9. The van der Waals surface area contributed by atoms with Crippen LogP contribution in [0.5, 0.6) is 0 Å². The van der Waals surface area contributed by atoms with Crippen LogP contribution in [-0.2, 0) is 6.54 Å². The minimum atomic E-state index is 0.556. The lowest BCUT2D eigenvalue weighted by Crippen LogP contribution is -1.97. The largest absolute Gasteiger partial charge is 0.326 e. The fourth-order valence-electron chi connectivity index (χ4n) is 1.66. The van der Waals surface area contributed by atoms with Crippen LogP contribution in [0.25, 0.3) is 11.1 Å². The molecule has 0 atom stereocenters. The summed E-state index contributed by atoms with van der Waals surface area (Å²) in [6.45, 7) is 2.65. The van der Waals surface area contributed by atoms with Gasteiger partial charge in [0.1, 0.15) is 0 Å². The maximum Gasteiger partial charge on any atom is 0.0220 e. The third-order valence-electron chi connectivity index (χ3n) is 2.65. The van der Waals surface area contributed by atoms with Crippen molar-refractivity contribution in [2.75, 3.05) is 0 Å². The van der Waals surface area contributed by atoms with E-state index in [9.17, 15) is 0 Å². The second-order valence-electron chi connectivity index (χ2n) is 3.88. The number of benzene rings is 2. The molecule has 0 saturated carbocycles. The first-order chi connectivity index (χ1) is 7.70. The van der Waals surface area contributed by atoms with Crippen molar-refractivity contribution in [2.45, 2.75) is 13.5 Å². The molecule has 2 aromatic rings. The van der Waals surface area contributed by atoms with Crippen LogP contribution >= 0.6 is 15.9 Å². The van der Waals surface area contributed by atoms with Crippen molar-refractivity contribution in [2.24, 2.45) is 5.73 Å². The molecule has 0 amide bonds. The van der Waals surface area contributed by atoms with Gasteiger partial charge in [0.05, 0.1) is 0 Å². The standard InChI is InChI=1S/C14H14BrN/c1-10-2-4-11(5-3-10)12-6-7-14(15)13(8-12)9-16/h2-8H,9,16H2,1H3. The van der Waals surface area contributed by atoms with Gasteiger partial charge < -0.3 is 5.73 Å². The van der Waals surface area contributed by atoms with E-state index in [1.165, 1.54) is 16.7 Å². The second-order valence-corrected chi connectivity index (χ2v) is 4.73. The van der Waals surface area contributed by atoms with Crippen LogP contribution in [0.15, 0.2) is 46.9 Å². The van der Waals surface area contributed by atoms with Crippen molar-refractivity contribution in [3.05, 3.63) is 58.1 Å². The lowest BCUT2D eigenvalue weighted by Gasteiger charge is -2.06. The Kier molecular flexibility index (Phi) is 3.42. The Morgan fingerprint density at radius 3 is 2.25 bits per heavy atom. The number of nitrogens with two attached hydrogens (primary N) is 1. The van der Waals surface area contributed by atoms with Gasteiger partial charge in [-0.05, 0) is 35.7 Å². The summed E-state index contributed by atoms with van der Waals surface area (Å²) in [5.41, 5.74) is 10.5. The van der Waals surface area contributed by atoms with Gasteiger partial charge in [-0.25, -0.2) is 0 Å². The first-order valence-corrected chi connectivity index (χ1v) is 6.05. The Morgan fingerprint density at radius 1 is 1.00 bits per heavy atom. The van der Waals surface area contributed by atoms with Crippen molar-refractivity contribution >= 4 is 15.9 Å². The van der Waals surface area contributed by atoms with Gasteiger partial charge in [0.2, 0.25) is 0 Å². The molecule has 0 saturated heterocycles. The molecular formula is C14H14BrN. The van der Waals surface area contributed by atoms with E-state index in [1.54, 1.807) is 0 Å². The van der Waals surface area contributed by atoms with Crippen LogP contribution < -0.4 is 5.73 Å². The first kappa shape index (κ1) is 11.4. The average Bonchev–Trinajstić information content (AvgIpc) is 2.31. The van der Waals surface area contributed by atoms with Gasteiger partial charge in [-0.15, -0.1) is 0 Å². The molecule has 1 nitrogen and oxygen atoms in total. The molecule has 82 valence electrons. The van der Waals surface area contributed by atoms with E-state index in [1.807, 2.05) is 0 Å². The van der Waals surface area contributed by atoms with Crippen molar-refractivity contribution < 1.29 is 0 Å². The average molecular weight is 276 g/mol. The Morgan fingerprint density at radius 2 is 1.62 bits per heavy atom. The van der Waals surface area contributed by atoms with Crippen LogP contribution in [0.3, 0.4) is 0 Å². The zero-order chi connectivity index (χ0) is 11.5. The van der Waals surface area contributed by atoms with Crippen LogP contribution in [-0.4, -0.2) is 0 Å². The molecule has 2 rings (SSSR count). The molecule has 0 aliphatic heterocycles. The summed E-state index contributed by atoms with van der Waals surface area (Å²) < 4.78 is 1.07. The number of hydrogen-bond acceptors (Lipinski definition) is 1. The maximum atomic E-state index is 5.69. The van der Waals surface area contributed by atoms with E-state index in [2.05, 4.69) is 65.3 Å². The zero-order valence-electron chi connectivity index (χ0n) is 9.20. The Hall–Kier alpha value is -1.12. The molecule has 2 heteroatoms. The van der Waals surface area contributed by atoms with Crippen LogP contribution in [0.1, 0.15) is 11.1 Å². The molecule has 0 spiro atoms. The molecule has 0 fully saturated rings. The first-order valence-electron chi connectivity index (χ1n) is 5.26. The van der Waals surface area contributed by atoms with Crippen LogP contribution in [0, 0.1) is 6.92 Å². The predicted octanol–water partition coefficient (Wildman–Crippen LogP) is 3.88. The Labute approximate surface area is 104 Å². The van der Waals surface area contributed by atoms with Crippen LogP contribution in [0.2, 0.25) is 0 Å². The van der Waals surface area contributed by atoms with Gasteiger partial charge in [0.15, 0.2) is 0 Å². The molecule has 0 radical (unpaired) electrons. The summed E-state index contributed by atoms with van der Waals surface area (Å²) in [7, 11) is 0. The minimum absolute atomic E-state index is 0.556. The molecular weight excluding hydrogens is 262 g/mol. The Balaban J connectivity index is 2.44. The molecule has 0 bridgehead atoms. The van der Waals surface area contributed by atoms with Gasteiger partial charge in [0.25, 0.3) is 0 Å². The SMILES string of the molecule is Cc1ccc(-c2ccc(Br)c(CN)c2)cc1. The predicted molar refractivity (Wildman–Crippen MR) is 72.2 cm³/mol. The third kappa shape index (κ3) is 2.34. The summed E-state index contributed by atoms with van der Waals surface area (Å²) in [6, 6.07) is 14.8.